The molecule has 0 aromatic heterocycles. The SMILES string of the molecule is CCC(C)C(C)(F)CC1COCCN1. The summed E-state index contributed by atoms with van der Waals surface area (Å²) in [4.78, 5) is 0. The molecule has 0 aliphatic carbocycles. The molecule has 0 aromatic rings. The first-order chi connectivity index (χ1) is 6.56. The Bertz CT molecular complexity index is 167. The third-order valence-electron chi connectivity index (χ3n) is 3.28. The van der Waals surface area contributed by atoms with Gasteiger partial charge in [-0.1, -0.05) is 20.3 Å². The van der Waals surface area contributed by atoms with Crippen LogP contribution in [0.5, 0.6) is 0 Å². The topological polar surface area (TPSA) is 21.3 Å². The highest BCUT2D eigenvalue weighted by molar-refractivity contribution is 4.85. The lowest BCUT2D eigenvalue weighted by Gasteiger charge is -2.33. The van der Waals surface area contributed by atoms with E-state index in [9.17, 15) is 4.39 Å². The van der Waals surface area contributed by atoms with Gasteiger partial charge in [0, 0.05) is 12.6 Å². The number of halogens is 1. The second-order valence-electron chi connectivity index (χ2n) is 4.52. The Labute approximate surface area is 86.2 Å². The molecule has 1 fully saturated rings. The molecular formula is C11H22FNO. The average molecular weight is 203 g/mol. The second kappa shape index (κ2) is 5.08. The van der Waals surface area contributed by atoms with Crippen molar-refractivity contribution < 1.29 is 9.13 Å². The standard InChI is InChI=1S/C11H22FNO/c1-4-9(2)11(3,12)7-10-8-14-6-5-13-10/h9-10,13H,4-8H2,1-3H3. The third kappa shape index (κ3) is 3.21. The number of rotatable bonds is 4. The van der Waals surface area contributed by atoms with E-state index in [0.717, 1.165) is 19.6 Å². The van der Waals surface area contributed by atoms with Gasteiger partial charge in [-0.3, -0.25) is 0 Å². The maximum Gasteiger partial charge on any atom is 0.112 e. The number of ether oxygens (including phenoxy) is 1. The zero-order valence-corrected chi connectivity index (χ0v) is 9.48. The molecular weight excluding hydrogens is 181 g/mol. The van der Waals surface area contributed by atoms with Crippen molar-refractivity contribution >= 4 is 0 Å². The largest absolute Gasteiger partial charge is 0.379 e. The summed E-state index contributed by atoms with van der Waals surface area (Å²) in [6, 6.07) is 0.188. The van der Waals surface area contributed by atoms with E-state index in [-0.39, 0.29) is 12.0 Å². The Hall–Kier alpha value is -0.150. The van der Waals surface area contributed by atoms with E-state index in [0.29, 0.717) is 13.0 Å². The maximum atomic E-state index is 14.2. The van der Waals surface area contributed by atoms with Crippen molar-refractivity contribution in [2.24, 2.45) is 5.92 Å². The number of hydrogen-bond donors (Lipinski definition) is 1. The summed E-state index contributed by atoms with van der Waals surface area (Å²) in [5.74, 6) is 0.117. The molecule has 0 bridgehead atoms. The van der Waals surface area contributed by atoms with Crippen LogP contribution in [0, 0.1) is 5.92 Å². The van der Waals surface area contributed by atoms with Gasteiger partial charge >= 0.3 is 0 Å². The fourth-order valence-electron chi connectivity index (χ4n) is 1.86. The zero-order valence-electron chi connectivity index (χ0n) is 9.48. The van der Waals surface area contributed by atoms with Gasteiger partial charge in [0.15, 0.2) is 0 Å². The monoisotopic (exact) mass is 203 g/mol. The van der Waals surface area contributed by atoms with Crippen LogP contribution in [-0.4, -0.2) is 31.5 Å². The lowest BCUT2D eigenvalue weighted by Crippen LogP contribution is -2.46. The summed E-state index contributed by atoms with van der Waals surface area (Å²) in [5.41, 5.74) is -1.08. The van der Waals surface area contributed by atoms with E-state index in [1.54, 1.807) is 6.92 Å². The minimum absolute atomic E-state index is 0.117. The van der Waals surface area contributed by atoms with Crippen molar-refractivity contribution in [3.05, 3.63) is 0 Å². The number of hydrogen-bond acceptors (Lipinski definition) is 2. The van der Waals surface area contributed by atoms with Crippen LogP contribution in [0.2, 0.25) is 0 Å². The number of nitrogens with one attached hydrogen (secondary N) is 1. The normalized spacial score (nSPS) is 29.6. The number of morpholine rings is 1. The summed E-state index contributed by atoms with van der Waals surface area (Å²) in [7, 11) is 0. The van der Waals surface area contributed by atoms with Crippen molar-refractivity contribution in [1.29, 1.82) is 0 Å². The lowest BCUT2D eigenvalue weighted by molar-refractivity contribution is 0.0286. The van der Waals surface area contributed by atoms with Crippen LogP contribution < -0.4 is 5.32 Å². The Morgan fingerprint density at radius 3 is 2.86 bits per heavy atom. The van der Waals surface area contributed by atoms with E-state index in [2.05, 4.69) is 5.32 Å². The molecule has 3 heteroatoms. The minimum Gasteiger partial charge on any atom is -0.379 e. The first-order valence-corrected chi connectivity index (χ1v) is 5.56. The Balaban J connectivity index is 2.40. The van der Waals surface area contributed by atoms with Crippen molar-refractivity contribution in [3.8, 4) is 0 Å². The van der Waals surface area contributed by atoms with Crippen LogP contribution in [0.25, 0.3) is 0 Å². The second-order valence-corrected chi connectivity index (χ2v) is 4.52. The van der Waals surface area contributed by atoms with E-state index >= 15 is 0 Å². The summed E-state index contributed by atoms with van der Waals surface area (Å²) >= 11 is 0. The van der Waals surface area contributed by atoms with E-state index in [1.165, 1.54) is 0 Å². The first-order valence-electron chi connectivity index (χ1n) is 5.56. The van der Waals surface area contributed by atoms with Gasteiger partial charge in [0.25, 0.3) is 0 Å². The molecule has 2 nitrogen and oxygen atoms in total. The molecule has 14 heavy (non-hydrogen) atoms. The van der Waals surface area contributed by atoms with Gasteiger partial charge in [0.05, 0.1) is 13.2 Å². The van der Waals surface area contributed by atoms with Crippen molar-refractivity contribution in [2.75, 3.05) is 19.8 Å². The molecule has 3 atom stereocenters. The molecule has 1 saturated heterocycles. The molecule has 0 saturated carbocycles. The van der Waals surface area contributed by atoms with Gasteiger partial charge in [0.2, 0.25) is 0 Å². The summed E-state index contributed by atoms with van der Waals surface area (Å²) in [6.07, 6.45) is 1.45. The predicted molar refractivity (Wildman–Crippen MR) is 56.2 cm³/mol. The van der Waals surface area contributed by atoms with E-state index in [4.69, 9.17) is 4.74 Å². The van der Waals surface area contributed by atoms with Gasteiger partial charge in [-0.15, -0.1) is 0 Å². The molecule has 1 rings (SSSR count). The number of alkyl halides is 1. The quantitative estimate of drug-likeness (QED) is 0.756. The Kier molecular flexibility index (Phi) is 4.32. The molecule has 0 amide bonds. The van der Waals surface area contributed by atoms with Gasteiger partial charge in [-0.2, -0.15) is 0 Å². The van der Waals surface area contributed by atoms with Crippen LogP contribution in [0.3, 0.4) is 0 Å². The van der Waals surface area contributed by atoms with Gasteiger partial charge < -0.3 is 10.1 Å². The van der Waals surface area contributed by atoms with Crippen LogP contribution >= 0.6 is 0 Å². The summed E-state index contributed by atoms with van der Waals surface area (Å²) in [5, 5.41) is 3.29. The lowest BCUT2D eigenvalue weighted by atomic mass is 9.85. The van der Waals surface area contributed by atoms with Crippen LogP contribution in [0.15, 0.2) is 0 Å². The van der Waals surface area contributed by atoms with Crippen molar-refractivity contribution in [2.45, 2.75) is 45.3 Å². The predicted octanol–water partition coefficient (Wildman–Crippen LogP) is 2.14. The zero-order chi connectivity index (χ0) is 10.6. The van der Waals surface area contributed by atoms with E-state index < -0.39 is 5.67 Å². The molecule has 84 valence electrons. The molecule has 0 aromatic carbocycles. The molecule has 1 heterocycles. The first kappa shape index (κ1) is 11.9. The summed E-state index contributed by atoms with van der Waals surface area (Å²) < 4.78 is 19.5. The molecule has 1 aliphatic heterocycles. The smallest absolute Gasteiger partial charge is 0.112 e. The highest BCUT2D eigenvalue weighted by atomic mass is 19.1. The fourth-order valence-corrected chi connectivity index (χ4v) is 1.86. The minimum atomic E-state index is -1.08. The summed E-state index contributed by atoms with van der Waals surface area (Å²) in [6.45, 7) is 7.97. The van der Waals surface area contributed by atoms with Crippen molar-refractivity contribution in [3.63, 3.8) is 0 Å². The molecule has 0 radical (unpaired) electrons. The average Bonchev–Trinajstić information content (AvgIpc) is 2.17. The molecule has 0 spiro atoms. The maximum absolute atomic E-state index is 14.2. The van der Waals surface area contributed by atoms with Crippen LogP contribution in [0.1, 0.15) is 33.6 Å². The third-order valence-corrected chi connectivity index (χ3v) is 3.28. The van der Waals surface area contributed by atoms with Gasteiger partial charge in [0.1, 0.15) is 5.67 Å². The molecule has 3 unspecified atom stereocenters. The molecule has 1 aliphatic rings. The van der Waals surface area contributed by atoms with Crippen molar-refractivity contribution in [1.82, 2.24) is 5.32 Å². The van der Waals surface area contributed by atoms with E-state index in [1.807, 2.05) is 13.8 Å². The Morgan fingerprint density at radius 1 is 1.64 bits per heavy atom. The Morgan fingerprint density at radius 2 is 2.36 bits per heavy atom. The molecule has 1 N–H and O–H groups in total. The van der Waals surface area contributed by atoms with Gasteiger partial charge in [-0.25, -0.2) is 4.39 Å². The fraction of sp³-hybridized carbons (Fsp3) is 1.00. The highest BCUT2D eigenvalue weighted by Gasteiger charge is 2.33. The van der Waals surface area contributed by atoms with Crippen LogP contribution in [-0.2, 0) is 4.74 Å². The van der Waals surface area contributed by atoms with Gasteiger partial charge in [-0.05, 0) is 19.3 Å². The van der Waals surface area contributed by atoms with Crippen LogP contribution in [0.4, 0.5) is 4.39 Å². The highest BCUT2D eigenvalue weighted by Crippen LogP contribution is 2.29.